The summed E-state index contributed by atoms with van der Waals surface area (Å²) in [6.07, 6.45) is 1.67. The molecule has 0 radical (unpaired) electrons. The first-order valence-corrected chi connectivity index (χ1v) is 6.63. The molecule has 18 heavy (non-hydrogen) atoms. The lowest BCUT2D eigenvalue weighted by atomic mass is 9.87. The highest BCUT2D eigenvalue weighted by atomic mass is 35.5. The molecule has 96 valence electrons. The minimum Gasteiger partial charge on any atom is -0.467 e. The van der Waals surface area contributed by atoms with Crippen molar-refractivity contribution in [3.8, 4) is 0 Å². The molecule has 0 bridgehead atoms. The van der Waals surface area contributed by atoms with E-state index in [1.54, 1.807) is 6.26 Å². The molecule has 0 amide bonds. The van der Waals surface area contributed by atoms with E-state index in [0.29, 0.717) is 0 Å². The van der Waals surface area contributed by atoms with Crippen LogP contribution in [0.3, 0.4) is 0 Å². The zero-order chi connectivity index (χ0) is 13.4. The summed E-state index contributed by atoms with van der Waals surface area (Å²) >= 11 is 6.59. The molecule has 0 aliphatic heterocycles. The summed E-state index contributed by atoms with van der Waals surface area (Å²) in [7, 11) is 0. The Kier molecular flexibility index (Phi) is 3.54. The Hall–Kier alpha value is -1.21. The van der Waals surface area contributed by atoms with E-state index < -0.39 is 0 Å². The lowest BCUT2D eigenvalue weighted by Gasteiger charge is -2.21. The fourth-order valence-electron chi connectivity index (χ4n) is 2.49. The van der Waals surface area contributed by atoms with Gasteiger partial charge in [-0.2, -0.15) is 0 Å². The van der Waals surface area contributed by atoms with Crippen molar-refractivity contribution in [2.75, 3.05) is 0 Å². The van der Waals surface area contributed by atoms with E-state index in [0.717, 1.165) is 5.76 Å². The summed E-state index contributed by atoms with van der Waals surface area (Å²) in [4.78, 5) is 0. The molecule has 0 aliphatic rings. The van der Waals surface area contributed by atoms with Gasteiger partial charge < -0.3 is 4.42 Å². The molecule has 1 heterocycles. The zero-order valence-corrected chi connectivity index (χ0v) is 12.4. The largest absolute Gasteiger partial charge is 0.467 e. The van der Waals surface area contributed by atoms with Gasteiger partial charge in [0.25, 0.3) is 0 Å². The Morgan fingerprint density at radius 3 is 1.83 bits per heavy atom. The van der Waals surface area contributed by atoms with E-state index in [4.69, 9.17) is 16.0 Å². The molecule has 0 spiro atoms. The lowest BCUT2D eigenvalue weighted by molar-refractivity contribution is 0.515. The fraction of sp³-hybridized carbons (Fsp3) is 0.375. The highest BCUT2D eigenvalue weighted by Crippen LogP contribution is 2.37. The van der Waals surface area contributed by atoms with Gasteiger partial charge in [0.15, 0.2) is 0 Å². The monoisotopic (exact) mass is 262 g/mol. The average Bonchev–Trinajstić information content (AvgIpc) is 2.88. The standard InChI is InChI=1S/C16H19ClO/c1-9-10(2)12(4)15(13(5)11(9)3)16(17)14-7-6-8-18-14/h6-8,16H,1-5H3. The van der Waals surface area contributed by atoms with E-state index in [9.17, 15) is 0 Å². The molecule has 2 aromatic rings. The van der Waals surface area contributed by atoms with Crippen molar-refractivity contribution in [1.29, 1.82) is 0 Å². The predicted octanol–water partition coefficient (Wildman–Crippen LogP) is 5.15. The second-order valence-electron chi connectivity index (χ2n) is 4.92. The molecule has 2 rings (SSSR count). The maximum Gasteiger partial charge on any atom is 0.126 e. The van der Waals surface area contributed by atoms with Crippen LogP contribution in [-0.2, 0) is 0 Å². The smallest absolute Gasteiger partial charge is 0.126 e. The first kappa shape index (κ1) is 13.2. The van der Waals surface area contributed by atoms with Crippen LogP contribution in [0, 0.1) is 34.6 Å². The Morgan fingerprint density at radius 1 is 0.889 bits per heavy atom. The van der Waals surface area contributed by atoms with Crippen LogP contribution < -0.4 is 0 Å². The molecule has 0 aliphatic carbocycles. The third-order valence-electron chi connectivity index (χ3n) is 4.10. The quantitative estimate of drug-likeness (QED) is 0.682. The van der Waals surface area contributed by atoms with Gasteiger partial charge in [0.05, 0.1) is 6.26 Å². The van der Waals surface area contributed by atoms with Gasteiger partial charge in [-0.05, 0) is 80.1 Å². The van der Waals surface area contributed by atoms with Crippen molar-refractivity contribution < 1.29 is 4.42 Å². The van der Waals surface area contributed by atoms with Gasteiger partial charge in [-0.1, -0.05) is 0 Å². The molecular formula is C16H19ClO. The topological polar surface area (TPSA) is 13.1 Å². The maximum absolute atomic E-state index is 6.59. The van der Waals surface area contributed by atoms with Crippen molar-refractivity contribution in [3.05, 3.63) is 57.5 Å². The van der Waals surface area contributed by atoms with Gasteiger partial charge in [-0.25, -0.2) is 0 Å². The number of halogens is 1. The number of benzene rings is 1. The molecule has 1 aromatic heterocycles. The van der Waals surface area contributed by atoms with Crippen molar-refractivity contribution >= 4 is 11.6 Å². The normalized spacial score (nSPS) is 12.8. The molecule has 1 atom stereocenters. The van der Waals surface area contributed by atoms with Crippen LogP contribution in [0.4, 0.5) is 0 Å². The van der Waals surface area contributed by atoms with Gasteiger partial charge in [0.1, 0.15) is 11.1 Å². The van der Waals surface area contributed by atoms with Crippen LogP contribution in [0.25, 0.3) is 0 Å². The molecule has 2 heteroatoms. The number of furan rings is 1. The summed E-state index contributed by atoms with van der Waals surface area (Å²) in [6, 6.07) is 3.81. The van der Waals surface area contributed by atoms with Crippen LogP contribution >= 0.6 is 11.6 Å². The van der Waals surface area contributed by atoms with Gasteiger partial charge in [-0.3, -0.25) is 0 Å². The third-order valence-corrected chi connectivity index (χ3v) is 4.54. The maximum atomic E-state index is 6.59. The van der Waals surface area contributed by atoms with Gasteiger partial charge in [0.2, 0.25) is 0 Å². The number of rotatable bonds is 2. The van der Waals surface area contributed by atoms with Crippen LogP contribution in [0.5, 0.6) is 0 Å². The van der Waals surface area contributed by atoms with Gasteiger partial charge in [-0.15, -0.1) is 11.6 Å². The fourth-order valence-corrected chi connectivity index (χ4v) is 2.94. The van der Waals surface area contributed by atoms with E-state index in [1.165, 1.54) is 33.4 Å². The van der Waals surface area contributed by atoms with Gasteiger partial charge in [0, 0.05) is 0 Å². The molecule has 0 N–H and O–H groups in total. The van der Waals surface area contributed by atoms with Gasteiger partial charge >= 0.3 is 0 Å². The summed E-state index contributed by atoms with van der Waals surface area (Å²) in [5, 5.41) is -0.210. The molecule has 1 aromatic carbocycles. The van der Waals surface area contributed by atoms with E-state index in [-0.39, 0.29) is 5.38 Å². The van der Waals surface area contributed by atoms with Crippen molar-refractivity contribution in [2.45, 2.75) is 40.0 Å². The molecule has 0 saturated carbocycles. The predicted molar refractivity (Wildman–Crippen MR) is 76.5 cm³/mol. The minimum absolute atomic E-state index is 0.210. The van der Waals surface area contributed by atoms with Crippen LogP contribution in [0.15, 0.2) is 22.8 Å². The summed E-state index contributed by atoms with van der Waals surface area (Å²) in [5.41, 5.74) is 7.74. The SMILES string of the molecule is Cc1c(C)c(C)c(C(Cl)c2ccco2)c(C)c1C. The Morgan fingerprint density at radius 2 is 1.39 bits per heavy atom. The second-order valence-corrected chi connectivity index (χ2v) is 5.35. The van der Waals surface area contributed by atoms with Crippen LogP contribution in [0.1, 0.15) is 44.5 Å². The first-order chi connectivity index (χ1) is 8.45. The molecule has 1 unspecified atom stereocenters. The highest BCUT2D eigenvalue weighted by molar-refractivity contribution is 6.22. The van der Waals surface area contributed by atoms with Crippen molar-refractivity contribution in [2.24, 2.45) is 0 Å². The Bertz CT molecular complexity index is 538. The van der Waals surface area contributed by atoms with Crippen molar-refractivity contribution in [3.63, 3.8) is 0 Å². The van der Waals surface area contributed by atoms with E-state index in [2.05, 4.69) is 34.6 Å². The van der Waals surface area contributed by atoms with E-state index in [1.807, 2.05) is 12.1 Å². The first-order valence-electron chi connectivity index (χ1n) is 6.19. The average molecular weight is 263 g/mol. The third kappa shape index (κ3) is 1.97. The number of alkyl halides is 1. The highest BCUT2D eigenvalue weighted by Gasteiger charge is 2.21. The summed E-state index contributed by atoms with van der Waals surface area (Å²) < 4.78 is 5.44. The molecule has 1 nitrogen and oxygen atoms in total. The Labute approximate surface area is 114 Å². The van der Waals surface area contributed by atoms with E-state index >= 15 is 0 Å². The zero-order valence-electron chi connectivity index (χ0n) is 11.6. The number of hydrogen-bond acceptors (Lipinski definition) is 1. The summed E-state index contributed by atoms with van der Waals surface area (Å²) in [6.45, 7) is 10.8. The number of hydrogen-bond donors (Lipinski definition) is 0. The van der Waals surface area contributed by atoms with Crippen LogP contribution in [0.2, 0.25) is 0 Å². The molecular weight excluding hydrogens is 244 g/mol. The second kappa shape index (κ2) is 4.81. The van der Waals surface area contributed by atoms with Crippen molar-refractivity contribution in [1.82, 2.24) is 0 Å². The minimum atomic E-state index is -0.210. The molecule has 0 saturated heterocycles. The lowest BCUT2D eigenvalue weighted by Crippen LogP contribution is -2.05. The summed E-state index contributed by atoms with van der Waals surface area (Å²) in [5.74, 6) is 0.811. The molecule has 0 fully saturated rings. The van der Waals surface area contributed by atoms with Crippen LogP contribution in [-0.4, -0.2) is 0 Å². The Balaban J connectivity index is 2.65.